The first-order chi connectivity index (χ1) is 8.78. The molecule has 1 aromatic heterocycles. The van der Waals surface area contributed by atoms with Crippen molar-refractivity contribution in [2.75, 3.05) is 32.5 Å². The molecule has 18 heavy (non-hydrogen) atoms. The van der Waals surface area contributed by atoms with Gasteiger partial charge in [0.2, 0.25) is 0 Å². The second-order valence-electron chi connectivity index (χ2n) is 4.70. The number of ether oxygens (including phenoxy) is 1. The maximum absolute atomic E-state index is 5.80. The summed E-state index contributed by atoms with van der Waals surface area (Å²) in [5, 5.41) is 0. The zero-order valence-electron chi connectivity index (χ0n) is 10.6. The van der Waals surface area contributed by atoms with Crippen LogP contribution in [-0.4, -0.2) is 41.3 Å². The highest BCUT2D eigenvalue weighted by Crippen LogP contribution is 2.22. The number of methoxy groups -OCH3 is 1. The molecule has 0 atom stereocenters. The van der Waals surface area contributed by atoms with Crippen molar-refractivity contribution < 1.29 is 4.74 Å². The number of hydrogen-bond donors (Lipinski definition) is 1. The molecular formula is C13H18N4O. The Morgan fingerprint density at radius 1 is 1.39 bits per heavy atom. The van der Waals surface area contributed by atoms with Gasteiger partial charge in [0.25, 0.3) is 0 Å². The average molecular weight is 246 g/mol. The fourth-order valence-corrected chi connectivity index (χ4v) is 2.50. The van der Waals surface area contributed by atoms with E-state index in [1.165, 1.54) is 5.52 Å². The Bertz CT molecular complexity index is 563. The largest absolute Gasteiger partial charge is 0.399 e. The number of nitrogens with zero attached hydrogens (tertiary/aromatic N) is 3. The molecular weight excluding hydrogens is 228 g/mol. The molecule has 2 heterocycles. The molecule has 1 aromatic carbocycles. The highest BCUT2D eigenvalue weighted by molar-refractivity contribution is 5.79. The van der Waals surface area contributed by atoms with Gasteiger partial charge in [0, 0.05) is 32.4 Å². The molecule has 0 bridgehead atoms. The Hall–Kier alpha value is -1.59. The number of hydrogen-bond acceptors (Lipinski definition) is 4. The zero-order chi connectivity index (χ0) is 12.5. The van der Waals surface area contributed by atoms with Crippen molar-refractivity contribution in [2.24, 2.45) is 0 Å². The second kappa shape index (κ2) is 4.59. The first-order valence-electron chi connectivity index (χ1n) is 6.24. The van der Waals surface area contributed by atoms with E-state index in [9.17, 15) is 0 Å². The van der Waals surface area contributed by atoms with Crippen molar-refractivity contribution in [3.8, 4) is 0 Å². The minimum Gasteiger partial charge on any atom is -0.399 e. The average Bonchev–Trinajstić information content (AvgIpc) is 2.72. The number of nitrogen functional groups attached to an aromatic ring is 1. The van der Waals surface area contributed by atoms with Gasteiger partial charge in [-0.15, -0.1) is 0 Å². The summed E-state index contributed by atoms with van der Waals surface area (Å²) >= 11 is 0. The van der Waals surface area contributed by atoms with E-state index in [4.69, 9.17) is 10.5 Å². The van der Waals surface area contributed by atoms with Gasteiger partial charge in [-0.1, -0.05) is 0 Å². The van der Waals surface area contributed by atoms with E-state index in [2.05, 4.69) is 20.5 Å². The minimum absolute atomic E-state index is 0.771. The molecule has 0 saturated carbocycles. The van der Waals surface area contributed by atoms with Crippen molar-refractivity contribution in [1.29, 1.82) is 0 Å². The second-order valence-corrected chi connectivity index (χ2v) is 4.70. The lowest BCUT2D eigenvalue weighted by Gasteiger charge is -2.27. The van der Waals surface area contributed by atoms with E-state index >= 15 is 0 Å². The maximum Gasteiger partial charge on any atom is 0.124 e. The molecule has 0 aliphatic carbocycles. The smallest absolute Gasteiger partial charge is 0.124 e. The van der Waals surface area contributed by atoms with Crippen LogP contribution >= 0.6 is 0 Å². The highest BCUT2D eigenvalue weighted by atomic mass is 16.5. The molecule has 1 aliphatic rings. The Balaban J connectivity index is 1.90. The standard InChI is InChI=1S/C13H18N4O/c1-18-7-6-16-4-5-17-12-3-2-10(14)8-11(12)15-13(17)9-16/h2-3,8H,4-7,9,14H2,1H3. The van der Waals surface area contributed by atoms with Crippen molar-refractivity contribution in [2.45, 2.75) is 13.1 Å². The van der Waals surface area contributed by atoms with E-state index in [1.807, 2.05) is 12.1 Å². The number of nitrogens with two attached hydrogens (primary N) is 1. The van der Waals surface area contributed by atoms with Gasteiger partial charge in [0.05, 0.1) is 24.2 Å². The normalized spacial score (nSPS) is 16.1. The van der Waals surface area contributed by atoms with Crippen molar-refractivity contribution in [1.82, 2.24) is 14.5 Å². The van der Waals surface area contributed by atoms with Crippen molar-refractivity contribution >= 4 is 16.7 Å². The van der Waals surface area contributed by atoms with E-state index in [0.29, 0.717) is 0 Å². The lowest BCUT2D eigenvalue weighted by Crippen LogP contribution is -2.35. The van der Waals surface area contributed by atoms with Crippen LogP contribution in [-0.2, 0) is 17.8 Å². The molecule has 0 unspecified atom stereocenters. The van der Waals surface area contributed by atoms with Gasteiger partial charge in [0.1, 0.15) is 5.82 Å². The Kier molecular flexibility index (Phi) is 2.93. The molecule has 1 aliphatic heterocycles. The van der Waals surface area contributed by atoms with Crippen LogP contribution in [0.1, 0.15) is 5.82 Å². The van der Waals surface area contributed by atoms with Crippen LogP contribution in [0, 0.1) is 0 Å². The first-order valence-corrected chi connectivity index (χ1v) is 6.24. The third-order valence-electron chi connectivity index (χ3n) is 3.47. The third kappa shape index (κ3) is 1.95. The van der Waals surface area contributed by atoms with Crippen molar-refractivity contribution in [3.05, 3.63) is 24.0 Å². The molecule has 2 aromatic rings. The predicted molar refractivity (Wildman–Crippen MR) is 71.3 cm³/mol. The molecule has 5 nitrogen and oxygen atoms in total. The van der Waals surface area contributed by atoms with Crippen LogP contribution in [0.2, 0.25) is 0 Å². The number of aromatic nitrogens is 2. The van der Waals surface area contributed by atoms with Gasteiger partial charge in [-0.3, -0.25) is 4.90 Å². The lowest BCUT2D eigenvalue weighted by atomic mass is 10.3. The fraction of sp³-hybridized carbons (Fsp3) is 0.462. The third-order valence-corrected chi connectivity index (χ3v) is 3.47. The Morgan fingerprint density at radius 3 is 3.11 bits per heavy atom. The molecule has 0 amide bonds. The molecule has 0 saturated heterocycles. The monoisotopic (exact) mass is 246 g/mol. The lowest BCUT2D eigenvalue weighted by molar-refractivity contribution is 0.130. The summed E-state index contributed by atoms with van der Waals surface area (Å²) in [5.41, 5.74) is 8.76. The van der Waals surface area contributed by atoms with Gasteiger partial charge < -0.3 is 15.0 Å². The fourth-order valence-electron chi connectivity index (χ4n) is 2.50. The summed E-state index contributed by atoms with van der Waals surface area (Å²) in [4.78, 5) is 7.04. The number of anilines is 1. The van der Waals surface area contributed by atoms with Gasteiger partial charge in [-0.05, 0) is 18.2 Å². The van der Waals surface area contributed by atoms with Crippen LogP contribution in [0.15, 0.2) is 18.2 Å². The Morgan fingerprint density at radius 2 is 2.28 bits per heavy atom. The van der Waals surface area contributed by atoms with E-state index in [0.717, 1.165) is 49.8 Å². The number of benzene rings is 1. The van der Waals surface area contributed by atoms with Crippen LogP contribution in [0.5, 0.6) is 0 Å². The molecule has 96 valence electrons. The molecule has 3 rings (SSSR count). The molecule has 5 heteroatoms. The molecule has 0 spiro atoms. The van der Waals surface area contributed by atoms with Crippen LogP contribution < -0.4 is 5.73 Å². The SMILES string of the molecule is COCCN1CCn2c(nc3cc(N)ccc32)C1. The summed E-state index contributed by atoms with van der Waals surface area (Å²) in [6, 6.07) is 5.95. The number of fused-ring (bicyclic) bond motifs is 3. The summed E-state index contributed by atoms with van der Waals surface area (Å²) in [6.45, 7) is 4.65. The van der Waals surface area contributed by atoms with Gasteiger partial charge >= 0.3 is 0 Å². The summed E-state index contributed by atoms with van der Waals surface area (Å²) in [7, 11) is 1.74. The molecule has 0 radical (unpaired) electrons. The summed E-state index contributed by atoms with van der Waals surface area (Å²) in [5.74, 6) is 1.12. The predicted octanol–water partition coefficient (Wildman–Crippen LogP) is 1.08. The van der Waals surface area contributed by atoms with E-state index in [1.54, 1.807) is 7.11 Å². The Labute approximate surface area is 106 Å². The highest BCUT2D eigenvalue weighted by Gasteiger charge is 2.19. The van der Waals surface area contributed by atoms with E-state index in [-0.39, 0.29) is 0 Å². The molecule has 0 fully saturated rings. The topological polar surface area (TPSA) is 56.3 Å². The van der Waals surface area contributed by atoms with Gasteiger partial charge in [0.15, 0.2) is 0 Å². The first kappa shape index (κ1) is 11.5. The van der Waals surface area contributed by atoms with Crippen LogP contribution in [0.25, 0.3) is 11.0 Å². The summed E-state index contributed by atoms with van der Waals surface area (Å²) < 4.78 is 7.41. The zero-order valence-corrected chi connectivity index (χ0v) is 10.6. The quantitative estimate of drug-likeness (QED) is 0.823. The van der Waals surface area contributed by atoms with Gasteiger partial charge in [-0.2, -0.15) is 0 Å². The minimum atomic E-state index is 0.771. The summed E-state index contributed by atoms with van der Waals surface area (Å²) in [6.07, 6.45) is 0. The van der Waals surface area contributed by atoms with E-state index < -0.39 is 0 Å². The van der Waals surface area contributed by atoms with Gasteiger partial charge in [-0.25, -0.2) is 4.98 Å². The van der Waals surface area contributed by atoms with Crippen LogP contribution in [0.4, 0.5) is 5.69 Å². The van der Waals surface area contributed by atoms with Crippen molar-refractivity contribution in [3.63, 3.8) is 0 Å². The maximum atomic E-state index is 5.80. The van der Waals surface area contributed by atoms with Crippen LogP contribution in [0.3, 0.4) is 0 Å². The number of rotatable bonds is 3. The molecule has 2 N–H and O–H groups in total. The number of imidazole rings is 1.